The van der Waals surface area contributed by atoms with Crippen LogP contribution < -0.4 is 5.32 Å². The summed E-state index contributed by atoms with van der Waals surface area (Å²) in [6.45, 7) is 4.08. The number of carbonyl (C=O) groups excluding carboxylic acids is 2. The molecule has 6 N–H and O–H groups in total. The zero-order chi connectivity index (χ0) is 51.0. The van der Waals surface area contributed by atoms with Crippen molar-refractivity contribution in [2.75, 3.05) is 19.8 Å². The summed E-state index contributed by atoms with van der Waals surface area (Å²) >= 11 is 0. The van der Waals surface area contributed by atoms with Gasteiger partial charge in [0.05, 0.1) is 32.0 Å². The molecular weight excluding hydrogens is 883 g/mol. The first-order valence-electron chi connectivity index (χ1n) is 28.2. The summed E-state index contributed by atoms with van der Waals surface area (Å²) < 4.78 is 16.6. The molecule has 11 nitrogen and oxygen atoms in total. The molecule has 0 bridgehead atoms. The minimum Gasteiger partial charge on any atom is -0.466 e. The van der Waals surface area contributed by atoms with Gasteiger partial charge in [-0.2, -0.15) is 0 Å². The van der Waals surface area contributed by atoms with E-state index in [9.17, 15) is 35.1 Å². The molecule has 1 rings (SSSR count). The fraction of sp³-hybridized carbons (Fsp3) is 0.763. The Balaban J connectivity index is 2.13. The first-order chi connectivity index (χ1) is 34.2. The molecule has 404 valence electrons. The van der Waals surface area contributed by atoms with Crippen molar-refractivity contribution in [1.82, 2.24) is 5.32 Å². The normalized spacial score (nSPS) is 19.8. The van der Waals surface area contributed by atoms with Gasteiger partial charge >= 0.3 is 5.97 Å². The fourth-order valence-electron chi connectivity index (χ4n) is 8.28. The van der Waals surface area contributed by atoms with Crippen LogP contribution in [0.5, 0.6) is 0 Å². The molecule has 7 atom stereocenters. The number of aliphatic hydroxyl groups is 5. The highest BCUT2D eigenvalue weighted by Crippen LogP contribution is 2.23. The molecule has 0 saturated carbocycles. The average Bonchev–Trinajstić information content (AvgIpc) is 3.36. The second-order valence-electron chi connectivity index (χ2n) is 19.2. The van der Waals surface area contributed by atoms with Crippen molar-refractivity contribution in [1.29, 1.82) is 0 Å². The van der Waals surface area contributed by atoms with E-state index in [1.807, 2.05) is 18.2 Å². The molecule has 11 heteroatoms. The van der Waals surface area contributed by atoms with E-state index in [-0.39, 0.29) is 24.9 Å². The van der Waals surface area contributed by atoms with Crippen LogP contribution in [0, 0.1) is 0 Å². The van der Waals surface area contributed by atoms with Crippen LogP contribution in [0.15, 0.2) is 72.9 Å². The topological polar surface area (TPSA) is 175 Å². The molecule has 0 aromatic rings. The smallest absolute Gasteiger partial charge is 0.305 e. The van der Waals surface area contributed by atoms with Gasteiger partial charge in [-0.3, -0.25) is 9.59 Å². The van der Waals surface area contributed by atoms with Crippen LogP contribution in [0.1, 0.15) is 226 Å². The standard InChI is InChI=1S/C59H103NO10/c1-3-5-7-9-11-13-15-16-17-18-19-20-21-24-27-31-35-39-43-47-55(64)68-48-44-40-36-32-28-25-22-23-26-30-34-38-42-46-54(63)60-51(50-69-59-58(67)57(66)56(65)53(49-61)70-59)52(62)45-41-37-33-29-14-12-10-8-6-4-2/h6,8,14,16-17,23,26,29,34,38,41,45,51-53,56-59,61-62,65-67H,3-5,7,9-13,15,18-22,24-25,27-28,30-33,35-37,39-40,42-44,46-50H2,1-2H3,(H,60,63)/b8-6+,17-16-,26-23-,29-14+,38-34-,45-41+. The van der Waals surface area contributed by atoms with E-state index in [1.54, 1.807) is 6.08 Å². The van der Waals surface area contributed by atoms with Gasteiger partial charge in [0, 0.05) is 12.8 Å². The van der Waals surface area contributed by atoms with Crippen LogP contribution in [-0.4, -0.2) is 100 Å². The Labute approximate surface area is 426 Å². The number of esters is 1. The van der Waals surface area contributed by atoms with E-state index < -0.39 is 49.5 Å². The third-order valence-electron chi connectivity index (χ3n) is 12.8. The largest absolute Gasteiger partial charge is 0.466 e. The lowest BCUT2D eigenvalue weighted by Crippen LogP contribution is -2.60. The van der Waals surface area contributed by atoms with Crippen LogP contribution in [0.2, 0.25) is 0 Å². The lowest BCUT2D eigenvalue weighted by Gasteiger charge is -2.40. The number of allylic oxidation sites excluding steroid dienone is 11. The van der Waals surface area contributed by atoms with Crippen molar-refractivity contribution >= 4 is 11.9 Å². The number of hydrogen-bond donors (Lipinski definition) is 6. The van der Waals surface area contributed by atoms with E-state index in [4.69, 9.17) is 14.2 Å². The first-order valence-corrected chi connectivity index (χ1v) is 28.2. The number of rotatable bonds is 47. The Kier molecular flexibility index (Phi) is 45.0. The molecule has 0 spiro atoms. The SMILES string of the molecule is CC/C=C/CC/C=C/CC/C=C/C(O)C(COC1OC(CO)C(O)C(O)C1O)NC(=O)CC/C=C\C/C=C\CCCCCCCCOC(=O)CCCCCCCCCCC/C=C\CCCCCCCC. The first kappa shape index (κ1) is 65.1. The minimum absolute atomic E-state index is 0.0430. The number of nitrogens with one attached hydrogen (secondary N) is 1. The number of carbonyl (C=O) groups is 2. The van der Waals surface area contributed by atoms with Crippen molar-refractivity contribution in [3.63, 3.8) is 0 Å². The second kappa shape index (κ2) is 48.4. The summed E-state index contributed by atoms with van der Waals surface area (Å²) in [5, 5.41) is 54.0. The molecule has 1 fully saturated rings. The molecule has 1 amide bonds. The zero-order valence-electron chi connectivity index (χ0n) is 44.2. The van der Waals surface area contributed by atoms with Crippen LogP contribution in [0.25, 0.3) is 0 Å². The van der Waals surface area contributed by atoms with E-state index in [0.717, 1.165) is 77.0 Å². The van der Waals surface area contributed by atoms with Crippen LogP contribution in [0.3, 0.4) is 0 Å². The van der Waals surface area contributed by atoms with Gasteiger partial charge in [-0.15, -0.1) is 0 Å². The van der Waals surface area contributed by atoms with Gasteiger partial charge in [-0.25, -0.2) is 0 Å². The molecule has 0 aliphatic carbocycles. The number of aliphatic hydroxyl groups excluding tert-OH is 5. The fourth-order valence-corrected chi connectivity index (χ4v) is 8.28. The van der Waals surface area contributed by atoms with Gasteiger partial charge in [0.25, 0.3) is 0 Å². The molecule has 0 aromatic carbocycles. The lowest BCUT2D eigenvalue weighted by atomic mass is 9.99. The van der Waals surface area contributed by atoms with Crippen molar-refractivity contribution < 1.29 is 49.3 Å². The molecule has 1 saturated heterocycles. The molecule has 0 aromatic heterocycles. The third kappa shape index (κ3) is 37.8. The van der Waals surface area contributed by atoms with Crippen LogP contribution in [0.4, 0.5) is 0 Å². The van der Waals surface area contributed by atoms with Gasteiger partial charge < -0.3 is 45.1 Å². The van der Waals surface area contributed by atoms with E-state index in [1.165, 1.54) is 109 Å². The summed E-state index contributed by atoms with van der Waals surface area (Å²) in [7, 11) is 0. The monoisotopic (exact) mass is 986 g/mol. The number of hydrogen-bond acceptors (Lipinski definition) is 10. The van der Waals surface area contributed by atoms with E-state index in [2.05, 4.69) is 67.8 Å². The lowest BCUT2D eigenvalue weighted by molar-refractivity contribution is -0.302. The molecule has 0 radical (unpaired) electrons. The zero-order valence-corrected chi connectivity index (χ0v) is 44.2. The molecule has 1 aliphatic heterocycles. The average molecular weight is 986 g/mol. The van der Waals surface area contributed by atoms with E-state index >= 15 is 0 Å². The van der Waals surface area contributed by atoms with Gasteiger partial charge in [0.2, 0.25) is 5.91 Å². The highest BCUT2D eigenvalue weighted by molar-refractivity contribution is 5.76. The van der Waals surface area contributed by atoms with Crippen LogP contribution >= 0.6 is 0 Å². The van der Waals surface area contributed by atoms with Crippen molar-refractivity contribution in [3.8, 4) is 0 Å². The summed E-state index contributed by atoms with van der Waals surface area (Å²) in [5.74, 6) is -0.324. The summed E-state index contributed by atoms with van der Waals surface area (Å²) in [6, 6.07) is -0.879. The minimum atomic E-state index is -1.60. The van der Waals surface area contributed by atoms with Crippen molar-refractivity contribution in [2.45, 2.75) is 269 Å². The quantitative estimate of drug-likeness (QED) is 0.0196. The Hall–Kier alpha value is -2.90. The highest BCUT2D eigenvalue weighted by atomic mass is 16.7. The Morgan fingerprint density at radius 3 is 1.60 bits per heavy atom. The number of amides is 1. The van der Waals surface area contributed by atoms with Gasteiger partial charge in [-0.05, 0) is 96.3 Å². The summed E-state index contributed by atoms with van der Waals surface area (Å²) in [5.41, 5.74) is 0. The van der Waals surface area contributed by atoms with E-state index in [0.29, 0.717) is 25.9 Å². The summed E-state index contributed by atoms with van der Waals surface area (Å²) in [4.78, 5) is 25.1. The molecule has 70 heavy (non-hydrogen) atoms. The van der Waals surface area contributed by atoms with Gasteiger partial charge in [0.15, 0.2) is 6.29 Å². The number of unbranched alkanes of at least 4 members (excludes halogenated alkanes) is 23. The van der Waals surface area contributed by atoms with Crippen molar-refractivity contribution in [2.24, 2.45) is 0 Å². The molecule has 7 unspecified atom stereocenters. The summed E-state index contributed by atoms with van der Waals surface area (Å²) in [6.07, 6.45) is 53.1. The van der Waals surface area contributed by atoms with Crippen molar-refractivity contribution in [3.05, 3.63) is 72.9 Å². The Bertz CT molecular complexity index is 1390. The third-order valence-corrected chi connectivity index (χ3v) is 12.8. The maximum atomic E-state index is 12.9. The molecular formula is C59H103NO10. The Morgan fingerprint density at radius 1 is 0.543 bits per heavy atom. The van der Waals surface area contributed by atoms with Gasteiger partial charge in [0.1, 0.15) is 24.4 Å². The van der Waals surface area contributed by atoms with Crippen LogP contribution in [-0.2, 0) is 23.8 Å². The highest BCUT2D eigenvalue weighted by Gasteiger charge is 2.44. The molecule has 1 aliphatic rings. The maximum absolute atomic E-state index is 12.9. The molecule has 1 heterocycles. The predicted octanol–water partition coefficient (Wildman–Crippen LogP) is 12.4. The van der Waals surface area contributed by atoms with Gasteiger partial charge in [-0.1, -0.05) is 189 Å². The second-order valence-corrected chi connectivity index (χ2v) is 19.2. The Morgan fingerprint density at radius 2 is 1.03 bits per heavy atom. The predicted molar refractivity (Wildman–Crippen MR) is 287 cm³/mol. The number of ether oxygens (including phenoxy) is 3. The maximum Gasteiger partial charge on any atom is 0.305 e.